The van der Waals surface area contributed by atoms with Crippen LogP contribution in [0, 0.1) is 0 Å². The maximum Gasteiger partial charge on any atom is 0.279 e. The maximum absolute atomic E-state index is 13.5. The second-order valence-electron chi connectivity index (χ2n) is 7.89. The van der Waals surface area contributed by atoms with Gasteiger partial charge >= 0.3 is 0 Å². The van der Waals surface area contributed by atoms with Gasteiger partial charge in [0.25, 0.3) is 5.56 Å². The molecule has 4 aromatic rings. The van der Waals surface area contributed by atoms with Crippen molar-refractivity contribution < 1.29 is 0 Å². The minimum absolute atomic E-state index is 0.0592. The van der Waals surface area contributed by atoms with E-state index in [-0.39, 0.29) is 17.6 Å². The fourth-order valence-corrected chi connectivity index (χ4v) is 4.61. The van der Waals surface area contributed by atoms with Gasteiger partial charge in [-0.3, -0.25) is 14.1 Å². The van der Waals surface area contributed by atoms with Crippen LogP contribution >= 0.6 is 11.6 Å². The topological polar surface area (TPSA) is 73.2 Å². The highest BCUT2D eigenvalue weighted by Gasteiger charge is 2.26. The van der Waals surface area contributed by atoms with E-state index in [1.165, 1.54) is 0 Å². The lowest BCUT2D eigenvalue weighted by molar-refractivity contribution is 0.311. The zero-order valence-corrected chi connectivity index (χ0v) is 17.3. The average molecular weight is 412 g/mol. The van der Waals surface area contributed by atoms with Crippen molar-refractivity contribution in [2.45, 2.75) is 38.8 Å². The van der Waals surface area contributed by atoms with Gasteiger partial charge in [-0.05, 0) is 52.4 Å². The largest absolute Gasteiger partial charge is 0.301 e. The zero-order valence-electron chi connectivity index (χ0n) is 16.6. The summed E-state index contributed by atoms with van der Waals surface area (Å²) >= 11 is 6.47. The zero-order chi connectivity index (χ0) is 20.3. The van der Waals surface area contributed by atoms with Crippen LogP contribution in [0.2, 0.25) is 5.02 Å². The summed E-state index contributed by atoms with van der Waals surface area (Å²) in [5, 5.41) is 9.20. The molecule has 0 N–H and O–H groups in total. The number of para-hydroxylation sites is 1. The molecule has 0 bridgehead atoms. The normalized spacial score (nSPS) is 17.9. The molecule has 4 heterocycles. The Morgan fingerprint density at radius 3 is 2.79 bits per heavy atom. The summed E-state index contributed by atoms with van der Waals surface area (Å²) in [5.41, 5.74) is 2.75. The fourth-order valence-electron chi connectivity index (χ4n) is 4.35. The first kappa shape index (κ1) is 18.3. The number of imidazole rings is 1. The van der Waals surface area contributed by atoms with Gasteiger partial charge in [-0.1, -0.05) is 22.9 Å². The highest BCUT2D eigenvalue weighted by atomic mass is 35.5. The number of likely N-dealkylation sites (tertiary alicyclic amines) is 1. The SMILES string of the molecule is CC(C)n1c(=O)c2c(-n3cc(C4CCCN4C)nn3)ncn2c2cccc(Cl)c21. The molecule has 0 radical (unpaired) electrons. The number of fused-ring (bicyclic) bond motifs is 3. The van der Waals surface area contributed by atoms with E-state index in [1.807, 2.05) is 32.2 Å². The molecule has 150 valence electrons. The number of hydrogen-bond donors (Lipinski definition) is 0. The van der Waals surface area contributed by atoms with E-state index in [0.717, 1.165) is 30.6 Å². The lowest BCUT2D eigenvalue weighted by Crippen LogP contribution is -2.25. The number of halogens is 1. The predicted octanol–water partition coefficient (Wildman–Crippen LogP) is 3.23. The first-order valence-electron chi connectivity index (χ1n) is 9.80. The molecule has 3 aromatic heterocycles. The Balaban J connectivity index is 1.76. The molecule has 1 aliphatic heterocycles. The Morgan fingerprint density at radius 2 is 2.07 bits per heavy atom. The minimum atomic E-state index is -0.150. The van der Waals surface area contributed by atoms with Gasteiger partial charge in [-0.25, -0.2) is 4.98 Å². The van der Waals surface area contributed by atoms with Crippen LogP contribution in [0.4, 0.5) is 0 Å². The molecule has 0 spiro atoms. The molecule has 29 heavy (non-hydrogen) atoms. The number of benzene rings is 1. The molecular weight excluding hydrogens is 390 g/mol. The van der Waals surface area contributed by atoms with Gasteiger partial charge in [-0.15, -0.1) is 5.10 Å². The Hall–Kier alpha value is -2.71. The third-order valence-corrected chi connectivity index (χ3v) is 6.05. The van der Waals surface area contributed by atoms with Crippen LogP contribution in [0.15, 0.2) is 35.5 Å². The van der Waals surface area contributed by atoms with Crippen LogP contribution in [-0.4, -0.2) is 47.4 Å². The molecule has 1 aromatic carbocycles. The number of aromatic nitrogens is 6. The van der Waals surface area contributed by atoms with Crippen molar-refractivity contribution in [3.63, 3.8) is 0 Å². The van der Waals surface area contributed by atoms with Gasteiger partial charge < -0.3 is 4.57 Å². The van der Waals surface area contributed by atoms with Crippen LogP contribution < -0.4 is 5.56 Å². The summed E-state index contributed by atoms with van der Waals surface area (Å²) in [6.07, 6.45) is 5.74. The van der Waals surface area contributed by atoms with Crippen LogP contribution in [0.25, 0.3) is 22.4 Å². The average Bonchev–Trinajstić information content (AvgIpc) is 3.40. The third-order valence-electron chi connectivity index (χ3n) is 5.74. The van der Waals surface area contributed by atoms with Crippen molar-refractivity contribution in [2.24, 2.45) is 0 Å². The molecule has 0 amide bonds. The van der Waals surface area contributed by atoms with Crippen molar-refractivity contribution in [3.05, 3.63) is 51.8 Å². The van der Waals surface area contributed by atoms with Crippen molar-refractivity contribution in [1.29, 1.82) is 0 Å². The quantitative estimate of drug-likeness (QED) is 0.517. The lowest BCUT2D eigenvalue weighted by atomic mass is 10.2. The van der Waals surface area contributed by atoms with Gasteiger partial charge in [0.15, 0.2) is 11.3 Å². The molecule has 5 rings (SSSR count). The van der Waals surface area contributed by atoms with E-state index in [0.29, 0.717) is 21.9 Å². The van der Waals surface area contributed by atoms with Gasteiger partial charge in [0.05, 0.1) is 28.3 Å². The molecule has 8 nitrogen and oxygen atoms in total. The molecule has 1 aliphatic rings. The Morgan fingerprint density at radius 1 is 1.24 bits per heavy atom. The van der Waals surface area contributed by atoms with E-state index >= 15 is 0 Å². The molecule has 0 saturated carbocycles. The molecule has 1 atom stereocenters. The first-order valence-corrected chi connectivity index (χ1v) is 10.2. The van der Waals surface area contributed by atoms with E-state index in [9.17, 15) is 4.79 Å². The summed E-state index contributed by atoms with van der Waals surface area (Å²) in [6.45, 7) is 5.00. The summed E-state index contributed by atoms with van der Waals surface area (Å²) < 4.78 is 5.13. The van der Waals surface area contributed by atoms with Crippen molar-refractivity contribution in [2.75, 3.05) is 13.6 Å². The Bertz CT molecular complexity index is 1290. The molecule has 1 saturated heterocycles. The molecule has 1 unspecified atom stereocenters. The lowest BCUT2D eigenvalue weighted by Gasteiger charge is -2.16. The molecular formula is C20H22ClN7O. The van der Waals surface area contributed by atoms with Crippen LogP contribution in [0.5, 0.6) is 0 Å². The Labute approximate surface area is 172 Å². The van der Waals surface area contributed by atoms with Crippen LogP contribution in [-0.2, 0) is 0 Å². The van der Waals surface area contributed by atoms with Crippen LogP contribution in [0.1, 0.15) is 44.5 Å². The standard InChI is InChI=1S/C20H22ClN7O/c1-12(2)28-17-13(21)6-4-7-16(17)26-11-22-19(18(26)20(28)29)27-10-14(23-24-27)15-8-5-9-25(15)3/h4,6-7,10-12,15H,5,8-9H2,1-3H3. The fraction of sp³-hybridized carbons (Fsp3) is 0.400. The summed E-state index contributed by atoms with van der Waals surface area (Å²) in [4.78, 5) is 20.3. The molecule has 0 aliphatic carbocycles. The third kappa shape index (κ3) is 2.70. The Kier molecular flexibility index (Phi) is 4.22. The van der Waals surface area contributed by atoms with E-state index in [1.54, 1.807) is 26.0 Å². The van der Waals surface area contributed by atoms with E-state index in [2.05, 4.69) is 27.2 Å². The van der Waals surface area contributed by atoms with Gasteiger partial charge in [0.1, 0.15) is 12.0 Å². The smallest absolute Gasteiger partial charge is 0.279 e. The molecule has 9 heteroatoms. The van der Waals surface area contributed by atoms with Crippen LogP contribution in [0.3, 0.4) is 0 Å². The van der Waals surface area contributed by atoms with Crippen molar-refractivity contribution in [1.82, 2.24) is 33.8 Å². The van der Waals surface area contributed by atoms with Gasteiger partial charge in [-0.2, -0.15) is 4.68 Å². The summed E-state index contributed by atoms with van der Waals surface area (Å²) in [6, 6.07) is 5.81. The van der Waals surface area contributed by atoms with Gasteiger partial charge in [0, 0.05) is 6.04 Å². The second kappa shape index (κ2) is 6.67. The summed E-state index contributed by atoms with van der Waals surface area (Å²) in [5.74, 6) is 0.477. The number of nitrogens with zero attached hydrogens (tertiary/aromatic N) is 7. The van der Waals surface area contributed by atoms with Gasteiger partial charge in [0.2, 0.25) is 0 Å². The van der Waals surface area contributed by atoms with Crippen molar-refractivity contribution in [3.8, 4) is 5.82 Å². The summed E-state index contributed by atoms with van der Waals surface area (Å²) in [7, 11) is 2.10. The van der Waals surface area contributed by atoms with E-state index in [4.69, 9.17) is 11.6 Å². The predicted molar refractivity (Wildman–Crippen MR) is 112 cm³/mol. The highest BCUT2D eigenvalue weighted by Crippen LogP contribution is 2.30. The monoisotopic (exact) mass is 411 g/mol. The highest BCUT2D eigenvalue weighted by molar-refractivity contribution is 6.35. The molecule has 1 fully saturated rings. The van der Waals surface area contributed by atoms with Crippen molar-refractivity contribution >= 4 is 28.2 Å². The number of rotatable bonds is 3. The maximum atomic E-state index is 13.5. The second-order valence-corrected chi connectivity index (χ2v) is 8.30. The number of hydrogen-bond acceptors (Lipinski definition) is 5. The first-order chi connectivity index (χ1) is 14.0. The minimum Gasteiger partial charge on any atom is -0.301 e. The van der Waals surface area contributed by atoms with E-state index < -0.39 is 0 Å².